The number of urea groups is 1. The van der Waals surface area contributed by atoms with Crippen LogP contribution in [0.2, 0.25) is 5.02 Å². The molecule has 27 heavy (non-hydrogen) atoms. The van der Waals surface area contributed by atoms with Crippen LogP contribution in [0.25, 0.3) is 0 Å². The lowest BCUT2D eigenvalue weighted by atomic mass is 10.2. The number of hydrogen-bond donors (Lipinski definition) is 2. The van der Waals surface area contributed by atoms with Gasteiger partial charge in [0.15, 0.2) is 11.5 Å². The summed E-state index contributed by atoms with van der Waals surface area (Å²) >= 11 is 9.67. The molecule has 0 heterocycles. The Balaban J connectivity index is 2.04. The number of aryl methyl sites for hydroxylation is 1. The van der Waals surface area contributed by atoms with Gasteiger partial charge in [-0.1, -0.05) is 27.5 Å². The van der Waals surface area contributed by atoms with Crippen LogP contribution < -0.4 is 20.2 Å². The van der Waals surface area contributed by atoms with Crippen LogP contribution in [-0.2, 0) is 0 Å². The highest BCUT2D eigenvalue weighted by molar-refractivity contribution is 9.10. The number of hydrogen-bond acceptors (Lipinski definition) is 4. The van der Waals surface area contributed by atoms with Gasteiger partial charge in [-0.25, -0.2) is 10.2 Å². The molecule has 0 aliphatic rings. The maximum Gasteiger partial charge on any atom is 0.339 e. The monoisotopic (exact) mass is 453 g/mol. The summed E-state index contributed by atoms with van der Waals surface area (Å²) in [4.78, 5) is 12.0. The first kappa shape index (κ1) is 21.1. The average Bonchev–Trinajstić information content (AvgIpc) is 2.61. The molecule has 8 heteroatoms. The van der Waals surface area contributed by atoms with Crippen molar-refractivity contribution in [3.8, 4) is 11.5 Å². The fourth-order valence-corrected chi connectivity index (χ4v) is 2.78. The zero-order valence-corrected chi connectivity index (χ0v) is 17.6. The fraction of sp³-hybridized carbons (Fsp3) is 0.263. The lowest BCUT2D eigenvalue weighted by Gasteiger charge is -2.13. The number of nitrogens with one attached hydrogen (secondary N) is 2. The second kappa shape index (κ2) is 10.2. The molecule has 0 saturated carbocycles. The second-order valence-electron chi connectivity index (χ2n) is 5.48. The van der Waals surface area contributed by atoms with Crippen LogP contribution in [0.15, 0.2) is 39.9 Å². The molecule has 0 aliphatic carbocycles. The van der Waals surface area contributed by atoms with Crippen LogP contribution in [0.4, 0.5) is 10.5 Å². The molecule has 2 N–H and O–H groups in total. The van der Waals surface area contributed by atoms with Gasteiger partial charge < -0.3 is 14.8 Å². The largest absolute Gasteiger partial charge is 0.490 e. The number of benzene rings is 2. The van der Waals surface area contributed by atoms with Crippen LogP contribution in [0.1, 0.15) is 25.0 Å². The lowest BCUT2D eigenvalue weighted by molar-refractivity contribution is 0.252. The van der Waals surface area contributed by atoms with E-state index < -0.39 is 6.03 Å². The predicted octanol–water partition coefficient (Wildman–Crippen LogP) is 5.36. The number of nitrogens with zero attached hydrogens (tertiary/aromatic N) is 1. The van der Waals surface area contributed by atoms with E-state index in [1.807, 2.05) is 32.9 Å². The molecule has 0 saturated heterocycles. The summed E-state index contributed by atoms with van der Waals surface area (Å²) in [6.07, 6.45) is 1.48. The van der Waals surface area contributed by atoms with Gasteiger partial charge in [0.1, 0.15) is 0 Å². The summed E-state index contributed by atoms with van der Waals surface area (Å²) in [7, 11) is 0. The Morgan fingerprint density at radius 2 is 1.96 bits per heavy atom. The van der Waals surface area contributed by atoms with E-state index in [4.69, 9.17) is 21.1 Å². The molecule has 0 fully saturated rings. The summed E-state index contributed by atoms with van der Waals surface area (Å²) in [5, 5.41) is 7.07. The lowest BCUT2D eigenvalue weighted by Crippen LogP contribution is -2.24. The van der Waals surface area contributed by atoms with E-state index in [9.17, 15) is 4.79 Å². The van der Waals surface area contributed by atoms with Gasteiger partial charge in [-0.15, -0.1) is 0 Å². The maximum atomic E-state index is 12.0. The molecule has 2 aromatic carbocycles. The number of carbonyl (C=O) groups excluding carboxylic acids is 1. The Morgan fingerprint density at radius 3 is 2.63 bits per heavy atom. The maximum absolute atomic E-state index is 12.0. The highest BCUT2D eigenvalue weighted by atomic mass is 79.9. The summed E-state index contributed by atoms with van der Waals surface area (Å²) in [6.45, 7) is 6.64. The molecule has 0 bridgehead atoms. The zero-order chi connectivity index (χ0) is 19.8. The van der Waals surface area contributed by atoms with Gasteiger partial charge in [-0.05, 0) is 62.2 Å². The third kappa shape index (κ3) is 6.15. The Kier molecular flexibility index (Phi) is 7.94. The number of anilines is 1. The van der Waals surface area contributed by atoms with E-state index in [0.29, 0.717) is 41.0 Å². The molecule has 2 rings (SSSR count). The first-order chi connectivity index (χ1) is 12.9. The molecule has 6 nitrogen and oxygen atoms in total. The van der Waals surface area contributed by atoms with Crippen LogP contribution in [0.3, 0.4) is 0 Å². The zero-order valence-electron chi connectivity index (χ0n) is 15.3. The Bertz CT molecular complexity index is 843. The van der Waals surface area contributed by atoms with Crippen molar-refractivity contribution in [2.45, 2.75) is 20.8 Å². The van der Waals surface area contributed by atoms with Crippen molar-refractivity contribution in [3.05, 3.63) is 51.0 Å². The molecular weight excluding hydrogens is 434 g/mol. The number of amides is 2. The van der Waals surface area contributed by atoms with Crippen molar-refractivity contribution in [2.24, 2.45) is 5.10 Å². The van der Waals surface area contributed by atoms with Crippen molar-refractivity contribution in [1.82, 2.24) is 5.43 Å². The fourth-order valence-electron chi connectivity index (χ4n) is 2.26. The molecule has 0 aliphatic heterocycles. The topological polar surface area (TPSA) is 72.0 Å². The van der Waals surface area contributed by atoms with Crippen LogP contribution in [0.5, 0.6) is 11.5 Å². The van der Waals surface area contributed by atoms with Crippen LogP contribution in [0, 0.1) is 6.92 Å². The minimum atomic E-state index is -0.449. The van der Waals surface area contributed by atoms with E-state index in [1.165, 1.54) is 6.21 Å². The highest BCUT2D eigenvalue weighted by Gasteiger charge is 2.11. The van der Waals surface area contributed by atoms with Crippen molar-refractivity contribution < 1.29 is 14.3 Å². The Labute approximate surface area is 172 Å². The Morgan fingerprint density at radius 1 is 1.22 bits per heavy atom. The molecule has 0 radical (unpaired) electrons. The first-order valence-electron chi connectivity index (χ1n) is 8.40. The van der Waals surface area contributed by atoms with Crippen molar-refractivity contribution in [3.63, 3.8) is 0 Å². The number of carbonyl (C=O) groups is 1. The Hall–Kier alpha value is -2.25. The molecule has 0 aromatic heterocycles. The number of ether oxygens (including phenoxy) is 2. The van der Waals surface area contributed by atoms with Crippen molar-refractivity contribution in [2.75, 3.05) is 18.5 Å². The van der Waals surface area contributed by atoms with Crippen LogP contribution >= 0.6 is 27.5 Å². The van der Waals surface area contributed by atoms with Gasteiger partial charge in [0, 0.05) is 10.2 Å². The average molecular weight is 455 g/mol. The van der Waals surface area contributed by atoms with Crippen LogP contribution in [-0.4, -0.2) is 25.5 Å². The summed E-state index contributed by atoms with van der Waals surface area (Å²) in [5.41, 5.74) is 4.78. The van der Waals surface area contributed by atoms with E-state index in [0.717, 1.165) is 10.0 Å². The molecule has 0 atom stereocenters. The van der Waals surface area contributed by atoms with Gasteiger partial charge in [0.2, 0.25) is 0 Å². The first-order valence-corrected chi connectivity index (χ1v) is 9.57. The molecule has 0 unspecified atom stereocenters. The molecule has 0 spiro atoms. The molecule has 144 valence electrons. The van der Waals surface area contributed by atoms with Gasteiger partial charge in [-0.2, -0.15) is 5.10 Å². The minimum absolute atomic E-state index is 0.416. The highest BCUT2D eigenvalue weighted by Crippen LogP contribution is 2.36. The van der Waals surface area contributed by atoms with Crippen molar-refractivity contribution >= 4 is 45.5 Å². The van der Waals surface area contributed by atoms with Gasteiger partial charge in [-0.3, -0.25) is 0 Å². The minimum Gasteiger partial charge on any atom is -0.490 e. The summed E-state index contributed by atoms with van der Waals surface area (Å²) < 4.78 is 12.1. The van der Waals surface area contributed by atoms with E-state index in [1.54, 1.807) is 18.2 Å². The number of rotatable bonds is 7. The normalized spacial score (nSPS) is 10.7. The van der Waals surface area contributed by atoms with E-state index >= 15 is 0 Å². The molecular formula is C19H21BrClN3O3. The van der Waals surface area contributed by atoms with E-state index in [-0.39, 0.29) is 0 Å². The second-order valence-corrected chi connectivity index (χ2v) is 6.75. The third-order valence-electron chi connectivity index (χ3n) is 3.42. The summed E-state index contributed by atoms with van der Waals surface area (Å²) in [6, 6.07) is 8.51. The quantitative estimate of drug-likeness (QED) is 0.437. The SMILES string of the molecule is CCOc1cc(/C=N/NC(=O)Nc2ccc(Br)c(C)c2)cc(Cl)c1OCC. The third-order valence-corrected chi connectivity index (χ3v) is 4.59. The van der Waals surface area contributed by atoms with Gasteiger partial charge >= 0.3 is 6.03 Å². The standard InChI is InChI=1S/C19H21BrClN3O3/c1-4-26-17-10-13(9-16(21)18(17)27-5-2)11-22-24-19(25)23-14-6-7-15(20)12(3)8-14/h6-11H,4-5H2,1-3H3,(H2,23,24,25)/b22-11+. The molecule has 2 amide bonds. The van der Waals surface area contributed by atoms with Gasteiger partial charge in [0.25, 0.3) is 0 Å². The molecule has 2 aromatic rings. The van der Waals surface area contributed by atoms with Gasteiger partial charge in [0.05, 0.1) is 24.5 Å². The van der Waals surface area contributed by atoms with Crippen molar-refractivity contribution in [1.29, 1.82) is 0 Å². The predicted molar refractivity (Wildman–Crippen MR) is 112 cm³/mol. The van der Waals surface area contributed by atoms with E-state index in [2.05, 4.69) is 31.8 Å². The summed E-state index contributed by atoms with van der Waals surface area (Å²) in [5.74, 6) is 1.03. The number of hydrazone groups is 1. The smallest absolute Gasteiger partial charge is 0.339 e. The number of halogens is 2.